The molecule has 0 bridgehead atoms. The molecule has 1 aliphatic heterocycles. The normalized spacial score (nSPS) is 34.1. The lowest BCUT2D eigenvalue weighted by molar-refractivity contribution is 0.126. The van der Waals surface area contributed by atoms with Crippen LogP contribution in [0, 0.1) is 0 Å². The van der Waals surface area contributed by atoms with Gasteiger partial charge in [-0.15, -0.1) is 0 Å². The summed E-state index contributed by atoms with van der Waals surface area (Å²) in [6, 6.07) is 13.3. The Bertz CT molecular complexity index is 417. The summed E-state index contributed by atoms with van der Waals surface area (Å²) in [6.07, 6.45) is 5.25. The van der Waals surface area contributed by atoms with Gasteiger partial charge in [0, 0.05) is 30.6 Å². The van der Waals surface area contributed by atoms with Crippen molar-refractivity contribution in [1.82, 2.24) is 10.2 Å². The minimum atomic E-state index is 0.733. The Kier molecular flexibility index (Phi) is 4.42. The van der Waals surface area contributed by atoms with Gasteiger partial charge in [-0.25, -0.2) is 0 Å². The largest absolute Gasteiger partial charge is 0.314 e. The molecule has 2 heteroatoms. The highest BCUT2D eigenvalue weighted by atomic mass is 15.2. The van der Waals surface area contributed by atoms with Crippen LogP contribution in [0.1, 0.15) is 51.0 Å². The van der Waals surface area contributed by atoms with E-state index in [4.69, 9.17) is 0 Å². The molecule has 1 aliphatic carbocycles. The lowest BCUT2D eigenvalue weighted by Gasteiger charge is -2.38. The molecule has 2 aliphatic rings. The van der Waals surface area contributed by atoms with E-state index in [2.05, 4.69) is 54.4 Å². The smallest absolute Gasteiger partial charge is 0.0174 e. The van der Waals surface area contributed by atoms with Gasteiger partial charge in [0.05, 0.1) is 0 Å². The quantitative estimate of drug-likeness (QED) is 0.884. The Labute approximate surface area is 123 Å². The van der Waals surface area contributed by atoms with Gasteiger partial charge < -0.3 is 5.32 Å². The van der Waals surface area contributed by atoms with Crippen molar-refractivity contribution >= 4 is 0 Å². The van der Waals surface area contributed by atoms with Gasteiger partial charge in [-0.3, -0.25) is 4.90 Å². The average molecular weight is 272 g/mol. The van der Waals surface area contributed by atoms with Crippen molar-refractivity contribution in [2.45, 2.75) is 63.6 Å². The monoisotopic (exact) mass is 272 g/mol. The Morgan fingerprint density at radius 3 is 2.70 bits per heavy atom. The maximum atomic E-state index is 3.70. The van der Waals surface area contributed by atoms with Gasteiger partial charge in [-0.2, -0.15) is 0 Å². The van der Waals surface area contributed by atoms with E-state index in [1.807, 2.05) is 0 Å². The Morgan fingerprint density at radius 2 is 2.00 bits per heavy atom. The second kappa shape index (κ2) is 6.28. The number of likely N-dealkylation sites (tertiary alicyclic amines) is 1. The SMILES string of the molecule is CCCNC1CCN(C2CC2c2ccccc2)C(C)C1. The summed E-state index contributed by atoms with van der Waals surface area (Å²) in [5.74, 6) is 0.791. The molecular weight excluding hydrogens is 244 g/mol. The second-order valence-corrected chi connectivity index (χ2v) is 6.58. The predicted octanol–water partition coefficient (Wildman–Crippen LogP) is 3.40. The molecule has 2 fully saturated rings. The molecular formula is C18H28N2. The lowest BCUT2D eigenvalue weighted by Crippen LogP contribution is -2.48. The molecule has 1 aromatic carbocycles. The first-order valence-electron chi connectivity index (χ1n) is 8.33. The second-order valence-electron chi connectivity index (χ2n) is 6.58. The zero-order valence-electron chi connectivity index (χ0n) is 12.9. The van der Waals surface area contributed by atoms with Crippen molar-refractivity contribution in [1.29, 1.82) is 0 Å². The van der Waals surface area contributed by atoms with E-state index in [1.165, 1.54) is 44.3 Å². The van der Waals surface area contributed by atoms with Gasteiger partial charge in [-0.1, -0.05) is 37.3 Å². The number of benzene rings is 1. The van der Waals surface area contributed by atoms with Crippen molar-refractivity contribution < 1.29 is 0 Å². The number of hydrogen-bond donors (Lipinski definition) is 1. The molecule has 1 saturated carbocycles. The van der Waals surface area contributed by atoms with Crippen molar-refractivity contribution in [3.63, 3.8) is 0 Å². The van der Waals surface area contributed by atoms with Crippen molar-refractivity contribution in [3.8, 4) is 0 Å². The van der Waals surface area contributed by atoms with E-state index in [0.29, 0.717) is 0 Å². The van der Waals surface area contributed by atoms with Crippen LogP contribution in [0.5, 0.6) is 0 Å². The van der Waals surface area contributed by atoms with Crippen molar-refractivity contribution in [3.05, 3.63) is 35.9 Å². The standard InChI is InChI=1S/C18H28N2/c1-3-10-19-16-9-11-20(14(2)12-16)18-13-17(18)15-7-5-4-6-8-15/h4-8,14,16-19H,3,9-13H2,1-2H3. The van der Waals surface area contributed by atoms with Gasteiger partial charge >= 0.3 is 0 Å². The third-order valence-corrected chi connectivity index (χ3v) is 5.02. The number of rotatable bonds is 5. The first-order chi connectivity index (χ1) is 9.79. The van der Waals surface area contributed by atoms with Gasteiger partial charge in [0.1, 0.15) is 0 Å². The minimum absolute atomic E-state index is 0.733. The summed E-state index contributed by atoms with van der Waals surface area (Å²) >= 11 is 0. The first-order valence-corrected chi connectivity index (χ1v) is 8.33. The molecule has 1 saturated heterocycles. The summed E-state index contributed by atoms with van der Waals surface area (Å²) < 4.78 is 0. The average Bonchev–Trinajstić information content (AvgIpc) is 3.26. The van der Waals surface area contributed by atoms with Crippen molar-refractivity contribution in [2.75, 3.05) is 13.1 Å². The van der Waals surface area contributed by atoms with Crippen LogP contribution in [0.4, 0.5) is 0 Å². The number of nitrogens with one attached hydrogen (secondary N) is 1. The predicted molar refractivity (Wildman–Crippen MR) is 85.1 cm³/mol. The molecule has 1 heterocycles. The van der Waals surface area contributed by atoms with Crippen LogP contribution < -0.4 is 5.32 Å². The molecule has 1 N–H and O–H groups in total. The molecule has 0 spiro atoms. The minimum Gasteiger partial charge on any atom is -0.314 e. The van der Waals surface area contributed by atoms with Crippen LogP contribution in [0.2, 0.25) is 0 Å². The highest BCUT2D eigenvalue weighted by molar-refractivity contribution is 5.28. The maximum Gasteiger partial charge on any atom is 0.0174 e. The molecule has 2 nitrogen and oxygen atoms in total. The summed E-state index contributed by atoms with van der Waals surface area (Å²) in [5.41, 5.74) is 1.54. The maximum absolute atomic E-state index is 3.70. The summed E-state index contributed by atoms with van der Waals surface area (Å²) in [7, 11) is 0. The van der Waals surface area contributed by atoms with E-state index >= 15 is 0 Å². The van der Waals surface area contributed by atoms with Crippen LogP contribution in [-0.2, 0) is 0 Å². The molecule has 0 aromatic heterocycles. The molecule has 0 radical (unpaired) electrons. The van der Waals surface area contributed by atoms with Crippen molar-refractivity contribution in [2.24, 2.45) is 0 Å². The van der Waals surface area contributed by atoms with Gasteiger partial charge in [0.2, 0.25) is 0 Å². The topological polar surface area (TPSA) is 15.3 Å². The fourth-order valence-electron chi connectivity index (χ4n) is 3.82. The Morgan fingerprint density at radius 1 is 1.20 bits per heavy atom. The number of piperidine rings is 1. The summed E-state index contributed by atoms with van der Waals surface area (Å²) in [5, 5.41) is 3.70. The number of hydrogen-bond acceptors (Lipinski definition) is 2. The van der Waals surface area contributed by atoms with Crippen LogP contribution in [0.25, 0.3) is 0 Å². The Balaban J connectivity index is 1.53. The van der Waals surface area contributed by atoms with E-state index in [0.717, 1.165) is 24.0 Å². The molecule has 20 heavy (non-hydrogen) atoms. The van der Waals surface area contributed by atoms with Gasteiger partial charge in [0.25, 0.3) is 0 Å². The van der Waals surface area contributed by atoms with Crippen LogP contribution in [0.3, 0.4) is 0 Å². The molecule has 0 amide bonds. The van der Waals surface area contributed by atoms with E-state index in [1.54, 1.807) is 0 Å². The fraction of sp³-hybridized carbons (Fsp3) is 0.667. The van der Waals surface area contributed by atoms with Crippen LogP contribution in [0.15, 0.2) is 30.3 Å². The highest BCUT2D eigenvalue weighted by Gasteiger charge is 2.45. The molecule has 4 unspecified atom stereocenters. The molecule has 110 valence electrons. The molecule has 3 rings (SSSR count). The van der Waals surface area contributed by atoms with E-state index in [9.17, 15) is 0 Å². The van der Waals surface area contributed by atoms with Gasteiger partial charge in [0.15, 0.2) is 0 Å². The molecule has 4 atom stereocenters. The fourth-order valence-corrected chi connectivity index (χ4v) is 3.82. The van der Waals surface area contributed by atoms with Crippen LogP contribution >= 0.6 is 0 Å². The summed E-state index contributed by atoms with van der Waals surface area (Å²) in [6.45, 7) is 7.12. The lowest BCUT2D eigenvalue weighted by atomic mass is 9.97. The zero-order valence-corrected chi connectivity index (χ0v) is 12.9. The third kappa shape index (κ3) is 3.07. The van der Waals surface area contributed by atoms with Gasteiger partial charge in [-0.05, 0) is 44.7 Å². The van der Waals surface area contributed by atoms with Crippen LogP contribution in [-0.4, -0.2) is 36.1 Å². The van der Waals surface area contributed by atoms with E-state index < -0.39 is 0 Å². The zero-order chi connectivity index (χ0) is 13.9. The molecule has 1 aromatic rings. The summed E-state index contributed by atoms with van der Waals surface area (Å²) in [4.78, 5) is 2.77. The van der Waals surface area contributed by atoms with E-state index in [-0.39, 0.29) is 0 Å². The highest BCUT2D eigenvalue weighted by Crippen LogP contribution is 2.46. The third-order valence-electron chi connectivity index (χ3n) is 5.02. The number of nitrogens with zero attached hydrogens (tertiary/aromatic N) is 1. The Hall–Kier alpha value is -0.860. The first kappa shape index (κ1) is 14.1.